The Bertz CT molecular complexity index is 1020. The summed E-state index contributed by atoms with van der Waals surface area (Å²) in [4.78, 5) is 4.48. The summed E-state index contributed by atoms with van der Waals surface area (Å²) in [6.45, 7) is 0. The maximum Gasteiger partial charge on any atom is 0.187 e. The summed E-state index contributed by atoms with van der Waals surface area (Å²) in [5.41, 5.74) is 0.919. The van der Waals surface area contributed by atoms with Crippen LogP contribution in [0.4, 0.5) is 10.8 Å². The van der Waals surface area contributed by atoms with Gasteiger partial charge in [-0.25, -0.2) is 9.73 Å². The lowest BCUT2D eigenvalue weighted by molar-refractivity contribution is 1.42. The molecule has 4 aromatic rings. The zero-order valence-electron chi connectivity index (χ0n) is 14.4. The van der Waals surface area contributed by atoms with Crippen LogP contribution in [0.1, 0.15) is 0 Å². The largest absolute Gasteiger partial charge is 0.321 e. The highest BCUT2D eigenvalue weighted by Gasteiger charge is 2.26. The fraction of sp³-hybridized carbons (Fsp3) is 0. The predicted molar refractivity (Wildman–Crippen MR) is 121 cm³/mol. The average Bonchev–Trinajstić information content (AvgIpc) is 3.23. The molecule has 0 fully saturated rings. The SMILES string of the molecule is Brc1ccccc1N=P(Nc1nccs1)(c1ccccc1)c1ccccc1. The Morgan fingerprint density at radius 3 is 1.96 bits per heavy atom. The number of thiazole rings is 1. The first-order valence-electron chi connectivity index (χ1n) is 8.44. The molecule has 0 aliphatic rings. The number of nitrogens with one attached hydrogen (secondary N) is 1. The minimum atomic E-state index is -2.35. The van der Waals surface area contributed by atoms with Crippen molar-refractivity contribution in [2.75, 3.05) is 5.09 Å². The molecular weight excluding hydrogens is 437 g/mol. The lowest BCUT2D eigenvalue weighted by Crippen LogP contribution is -2.22. The molecule has 0 aliphatic heterocycles. The van der Waals surface area contributed by atoms with Crippen molar-refractivity contribution in [1.82, 2.24) is 4.98 Å². The lowest BCUT2D eigenvalue weighted by Gasteiger charge is -2.27. The number of rotatable bonds is 5. The van der Waals surface area contributed by atoms with Gasteiger partial charge in [-0.3, -0.25) is 0 Å². The first kappa shape index (κ1) is 18.2. The summed E-state index contributed by atoms with van der Waals surface area (Å²) in [6, 6.07) is 28.9. The predicted octanol–water partition coefficient (Wildman–Crippen LogP) is 6.42. The molecule has 4 rings (SSSR count). The monoisotopic (exact) mass is 453 g/mol. The second-order valence-corrected chi connectivity index (χ2v) is 10.3. The normalized spacial score (nSPS) is 11.1. The zero-order valence-corrected chi connectivity index (χ0v) is 17.7. The molecule has 0 aliphatic carbocycles. The van der Waals surface area contributed by atoms with Gasteiger partial charge in [0, 0.05) is 26.7 Å². The molecular formula is C21H17BrN3PS. The summed E-state index contributed by atoms with van der Waals surface area (Å²) in [5, 5.41) is 8.87. The van der Waals surface area contributed by atoms with Crippen LogP contribution in [0.2, 0.25) is 0 Å². The number of anilines is 1. The summed E-state index contributed by atoms with van der Waals surface area (Å²) < 4.78 is 6.30. The minimum Gasteiger partial charge on any atom is -0.321 e. The Balaban J connectivity index is 2.04. The molecule has 0 saturated carbocycles. The summed E-state index contributed by atoms with van der Waals surface area (Å²) >= 11 is 5.24. The van der Waals surface area contributed by atoms with Gasteiger partial charge in [-0.2, -0.15) is 0 Å². The molecule has 1 heterocycles. The highest BCUT2D eigenvalue weighted by atomic mass is 79.9. The molecule has 1 aromatic heterocycles. The standard InChI is InChI=1S/C21H17BrN3PS/c22-19-13-7-8-14-20(19)24-26(17-9-3-1-4-10-17,18-11-5-2-6-12-18)25-21-23-15-16-27-21/h1-16H,(H,23,25). The van der Waals surface area contributed by atoms with Crippen molar-refractivity contribution in [3.8, 4) is 0 Å². The van der Waals surface area contributed by atoms with Gasteiger partial charge in [0.15, 0.2) is 5.13 Å². The van der Waals surface area contributed by atoms with Gasteiger partial charge in [0.1, 0.15) is 7.21 Å². The topological polar surface area (TPSA) is 37.3 Å². The van der Waals surface area contributed by atoms with E-state index in [4.69, 9.17) is 4.74 Å². The third-order valence-electron chi connectivity index (χ3n) is 4.06. The van der Waals surface area contributed by atoms with E-state index in [9.17, 15) is 0 Å². The number of hydrogen-bond acceptors (Lipinski definition) is 3. The molecule has 3 aromatic carbocycles. The van der Waals surface area contributed by atoms with Crippen LogP contribution in [0.3, 0.4) is 0 Å². The van der Waals surface area contributed by atoms with E-state index in [1.807, 2.05) is 48.0 Å². The molecule has 6 heteroatoms. The average molecular weight is 454 g/mol. The van der Waals surface area contributed by atoms with Crippen LogP contribution in [0.15, 0.2) is 106 Å². The second-order valence-electron chi connectivity index (χ2n) is 5.81. The molecule has 0 unspecified atom stereocenters. The van der Waals surface area contributed by atoms with E-state index in [1.165, 1.54) is 0 Å². The number of halogens is 1. The van der Waals surface area contributed by atoms with Crippen molar-refractivity contribution in [2.24, 2.45) is 4.74 Å². The maximum atomic E-state index is 5.32. The number of benzene rings is 3. The third kappa shape index (κ3) is 3.91. The number of hydrogen-bond donors (Lipinski definition) is 1. The van der Waals surface area contributed by atoms with Crippen LogP contribution in [-0.2, 0) is 0 Å². The van der Waals surface area contributed by atoms with Crippen molar-refractivity contribution < 1.29 is 0 Å². The van der Waals surface area contributed by atoms with Crippen LogP contribution in [-0.4, -0.2) is 4.98 Å². The van der Waals surface area contributed by atoms with Crippen LogP contribution >= 0.6 is 34.5 Å². The van der Waals surface area contributed by atoms with E-state index < -0.39 is 7.21 Å². The molecule has 0 bridgehead atoms. The van der Waals surface area contributed by atoms with E-state index in [-0.39, 0.29) is 0 Å². The molecule has 0 atom stereocenters. The molecule has 3 nitrogen and oxygen atoms in total. The molecule has 0 amide bonds. The van der Waals surface area contributed by atoms with Gasteiger partial charge in [-0.1, -0.05) is 72.8 Å². The molecule has 1 N–H and O–H groups in total. The first-order valence-corrected chi connectivity index (χ1v) is 11.9. The van der Waals surface area contributed by atoms with Gasteiger partial charge in [-0.05, 0) is 28.1 Å². The van der Waals surface area contributed by atoms with Gasteiger partial charge in [0.25, 0.3) is 0 Å². The molecule has 0 spiro atoms. The summed E-state index contributed by atoms with van der Waals surface area (Å²) in [5.74, 6) is 0. The van der Waals surface area contributed by atoms with Crippen molar-refractivity contribution in [1.29, 1.82) is 0 Å². The highest BCUT2D eigenvalue weighted by Crippen LogP contribution is 2.51. The van der Waals surface area contributed by atoms with Gasteiger partial charge in [-0.15, -0.1) is 11.3 Å². The second kappa shape index (κ2) is 8.22. The van der Waals surface area contributed by atoms with E-state index in [0.29, 0.717) is 0 Å². The summed E-state index contributed by atoms with van der Waals surface area (Å²) in [7, 11) is -2.35. The third-order valence-corrected chi connectivity index (χ3v) is 8.71. The van der Waals surface area contributed by atoms with Gasteiger partial charge in [0.05, 0.1) is 5.69 Å². The zero-order chi connectivity index (χ0) is 18.5. The fourth-order valence-corrected chi connectivity index (χ4v) is 7.18. The lowest BCUT2D eigenvalue weighted by atomic mass is 10.3. The smallest absolute Gasteiger partial charge is 0.187 e. The van der Waals surface area contributed by atoms with Gasteiger partial charge >= 0.3 is 0 Å². The van der Waals surface area contributed by atoms with Crippen LogP contribution < -0.4 is 15.7 Å². The van der Waals surface area contributed by atoms with Crippen molar-refractivity contribution in [3.05, 3.63) is 101 Å². The maximum absolute atomic E-state index is 5.32. The molecule has 27 heavy (non-hydrogen) atoms. The van der Waals surface area contributed by atoms with Crippen molar-refractivity contribution in [3.63, 3.8) is 0 Å². The number of nitrogens with zero attached hydrogens (tertiary/aromatic N) is 2. The Kier molecular flexibility index (Phi) is 5.53. The Labute approximate surface area is 171 Å². The van der Waals surface area contributed by atoms with E-state index in [0.717, 1.165) is 25.9 Å². The number of aromatic nitrogens is 1. The Morgan fingerprint density at radius 1 is 0.815 bits per heavy atom. The van der Waals surface area contributed by atoms with Crippen molar-refractivity contribution >= 4 is 55.9 Å². The molecule has 0 saturated heterocycles. The van der Waals surface area contributed by atoms with Crippen molar-refractivity contribution in [2.45, 2.75) is 0 Å². The van der Waals surface area contributed by atoms with Gasteiger partial charge < -0.3 is 5.09 Å². The fourth-order valence-electron chi connectivity index (χ4n) is 2.82. The molecule has 134 valence electrons. The van der Waals surface area contributed by atoms with E-state index in [2.05, 4.69) is 74.5 Å². The Morgan fingerprint density at radius 2 is 1.41 bits per heavy atom. The Hall–Kier alpha value is -2.20. The quantitative estimate of drug-likeness (QED) is 0.354. The highest BCUT2D eigenvalue weighted by molar-refractivity contribution is 9.10. The minimum absolute atomic E-state index is 0.867. The van der Waals surface area contributed by atoms with Crippen LogP contribution in [0, 0.1) is 0 Å². The van der Waals surface area contributed by atoms with Crippen LogP contribution in [0.25, 0.3) is 0 Å². The van der Waals surface area contributed by atoms with E-state index in [1.54, 1.807) is 11.3 Å². The molecule has 0 radical (unpaired) electrons. The van der Waals surface area contributed by atoms with Gasteiger partial charge in [0.2, 0.25) is 0 Å². The van der Waals surface area contributed by atoms with E-state index >= 15 is 0 Å². The van der Waals surface area contributed by atoms with Crippen LogP contribution in [0.5, 0.6) is 0 Å². The first-order chi connectivity index (χ1) is 13.3. The summed E-state index contributed by atoms with van der Waals surface area (Å²) in [6.07, 6.45) is 1.82.